The summed E-state index contributed by atoms with van der Waals surface area (Å²) in [6.07, 6.45) is 8.31. The number of aryl methyl sites for hydroxylation is 2. The number of ketones is 1. The SMILES string of the molecule is Cc1ccc2c(c1)C(C#N)([Se]C1C3CC4CC(C3)CC1C4)C(=O)CC2. The van der Waals surface area contributed by atoms with Crippen molar-refractivity contribution in [3.8, 4) is 6.07 Å². The van der Waals surface area contributed by atoms with E-state index in [1.807, 2.05) is 0 Å². The number of Topliss-reactive ketones (excluding diaryl/α,β-unsaturated/α-hetero) is 1. The van der Waals surface area contributed by atoms with Crippen molar-refractivity contribution in [3.63, 3.8) is 0 Å². The van der Waals surface area contributed by atoms with Crippen molar-refractivity contribution in [1.82, 2.24) is 0 Å². The second-order valence-electron chi connectivity index (χ2n) is 8.89. The molecule has 0 aliphatic heterocycles. The Bertz CT molecular complexity index is 751. The second-order valence-corrected chi connectivity index (χ2v) is 11.8. The predicted octanol–water partition coefficient (Wildman–Crippen LogP) is 4.18. The van der Waals surface area contributed by atoms with Gasteiger partial charge >= 0.3 is 156 Å². The molecule has 0 amide bonds. The molecule has 1 atom stereocenters. The fourth-order valence-electron chi connectivity index (χ4n) is 6.36. The van der Waals surface area contributed by atoms with Crippen LogP contribution in [0.2, 0.25) is 4.82 Å². The Morgan fingerprint density at radius 2 is 1.76 bits per heavy atom. The van der Waals surface area contributed by atoms with Gasteiger partial charge in [-0.15, -0.1) is 0 Å². The zero-order valence-electron chi connectivity index (χ0n) is 14.8. The van der Waals surface area contributed by atoms with Crippen LogP contribution in [0.1, 0.15) is 55.2 Å². The third-order valence-electron chi connectivity index (χ3n) is 7.27. The molecule has 0 N–H and O–H groups in total. The Morgan fingerprint density at radius 1 is 1.08 bits per heavy atom. The van der Waals surface area contributed by atoms with E-state index in [9.17, 15) is 10.1 Å². The first-order valence-electron chi connectivity index (χ1n) is 9.81. The van der Waals surface area contributed by atoms with Gasteiger partial charge in [0.1, 0.15) is 0 Å². The second kappa shape index (κ2) is 5.70. The Morgan fingerprint density at radius 3 is 2.40 bits per heavy atom. The molecule has 5 aliphatic rings. The molecule has 0 heterocycles. The third kappa shape index (κ3) is 2.37. The van der Waals surface area contributed by atoms with Gasteiger partial charge in [0, 0.05) is 0 Å². The maximum absolute atomic E-state index is 13.1. The van der Waals surface area contributed by atoms with E-state index in [1.165, 1.54) is 43.2 Å². The summed E-state index contributed by atoms with van der Waals surface area (Å²) in [5, 5.41) is 10.2. The van der Waals surface area contributed by atoms with Crippen LogP contribution in [0.3, 0.4) is 0 Å². The number of nitriles is 1. The maximum atomic E-state index is 13.1. The Kier molecular flexibility index (Phi) is 3.67. The fourth-order valence-corrected chi connectivity index (χ4v) is 10.2. The van der Waals surface area contributed by atoms with Crippen LogP contribution < -0.4 is 0 Å². The fraction of sp³-hybridized carbons (Fsp3) is 0.636. The van der Waals surface area contributed by atoms with Gasteiger partial charge < -0.3 is 0 Å². The van der Waals surface area contributed by atoms with E-state index in [-0.39, 0.29) is 20.7 Å². The van der Waals surface area contributed by atoms with Crippen LogP contribution in [0, 0.1) is 41.9 Å². The molecule has 1 unspecified atom stereocenters. The van der Waals surface area contributed by atoms with Crippen molar-refractivity contribution in [2.45, 2.75) is 61.0 Å². The number of nitrogens with zero attached hydrogens (tertiary/aromatic N) is 1. The standard InChI is InChI=1S/C22H25NOSe/c1-13-2-3-16-4-5-20(24)22(12-23,19(16)6-13)25-21-17-8-14-7-15(10-17)11-18(21)9-14/h2-3,6,14-15,17-18,21H,4-5,7-11H2,1H3. The Labute approximate surface area is 156 Å². The van der Waals surface area contributed by atoms with Crippen molar-refractivity contribution >= 4 is 20.7 Å². The van der Waals surface area contributed by atoms with Gasteiger partial charge in [-0.1, -0.05) is 0 Å². The summed E-state index contributed by atoms with van der Waals surface area (Å²) in [4.78, 5) is 13.7. The number of rotatable bonds is 2. The molecular formula is C22H25NOSe. The average Bonchev–Trinajstić information content (AvgIpc) is 2.59. The molecule has 4 fully saturated rings. The van der Waals surface area contributed by atoms with Crippen LogP contribution in [0.4, 0.5) is 0 Å². The van der Waals surface area contributed by atoms with Gasteiger partial charge in [0.25, 0.3) is 0 Å². The molecule has 6 rings (SSSR count). The molecule has 0 aromatic heterocycles. The minimum absolute atomic E-state index is 0.0599. The number of benzene rings is 1. The Balaban J connectivity index is 1.54. The van der Waals surface area contributed by atoms with Crippen molar-refractivity contribution in [2.75, 3.05) is 0 Å². The summed E-state index contributed by atoms with van der Waals surface area (Å²) in [6.45, 7) is 2.08. The van der Waals surface area contributed by atoms with Gasteiger partial charge in [0.2, 0.25) is 0 Å². The topological polar surface area (TPSA) is 40.9 Å². The van der Waals surface area contributed by atoms with Gasteiger partial charge in [-0.3, -0.25) is 0 Å². The first-order chi connectivity index (χ1) is 12.1. The van der Waals surface area contributed by atoms with Crippen molar-refractivity contribution < 1.29 is 4.79 Å². The molecule has 3 heteroatoms. The van der Waals surface area contributed by atoms with Crippen LogP contribution in [0.5, 0.6) is 0 Å². The molecule has 25 heavy (non-hydrogen) atoms. The van der Waals surface area contributed by atoms with Gasteiger partial charge in [0.15, 0.2) is 0 Å². The third-order valence-corrected chi connectivity index (χ3v) is 11.3. The van der Waals surface area contributed by atoms with Crippen LogP contribution >= 0.6 is 0 Å². The van der Waals surface area contributed by atoms with Crippen LogP contribution in [0.15, 0.2) is 18.2 Å². The van der Waals surface area contributed by atoms with E-state index in [1.54, 1.807) is 0 Å². The van der Waals surface area contributed by atoms with Gasteiger partial charge in [-0.2, -0.15) is 0 Å². The summed E-state index contributed by atoms with van der Waals surface area (Å²) in [6, 6.07) is 9.03. The van der Waals surface area contributed by atoms with E-state index < -0.39 is 4.31 Å². The first kappa shape index (κ1) is 16.1. The van der Waals surface area contributed by atoms with E-state index in [2.05, 4.69) is 31.2 Å². The molecule has 130 valence electrons. The number of fused-ring (bicyclic) bond motifs is 1. The molecule has 0 spiro atoms. The van der Waals surface area contributed by atoms with Crippen molar-refractivity contribution in [2.24, 2.45) is 23.7 Å². The normalized spacial score (nSPS) is 41.4. The van der Waals surface area contributed by atoms with Gasteiger partial charge in [-0.25, -0.2) is 0 Å². The van der Waals surface area contributed by atoms with Crippen LogP contribution in [-0.2, 0) is 15.5 Å². The molecule has 0 radical (unpaired) electrons. The number of carbonyl (C=O) groups is 1. The number of hydrogen-bond donors (Lipinski definition) is 0. The van der Waals surface area contributed by atoms with Crippen LogP contribution in [0.25, 0.3) is 0 Å². The summed E-state index contributed by atoms with van der Waals surface area (Å²) >= 11 is 0.0599. The molecule has 4 saturated carbocycles. The van der Waals surface area contributed by atoms with Crippen molar-refractivity contribution in [3.05, 3.63) is 34.9 Å². The van der Waals surface area contributed by atoms with Crippen LogP contribution in [-0.4, -0.2) is 20.7 Å². The number of carbonyl (C=O) groups excluding carboxylic acids is 1. The molecule has 1 aromatic rings. The summed E-state index contributed by atoms with van der Waals surface area (Å²) in [5.74, 6) is 3.70. The average molecular weight is 398 g/mol. The summed E-state index contributed by atoms with van der Waals surface area (Å²) in [5.41, 5.74) is 3.49. The minimum atomic E-state index is -0.813. The monoisotopic (exact) mass is 399 g/mol. The molecule has 1 aromatic carbocycles. The van der Waals surface area contributed by atoms with E-state index >= 15 is 0 Å². The predicted molar refractivity (Wildman–Crippen MR) is 98.3 cm³/mol. The van der Waals surface area contributed by atoms with Crippen molar-refractivity contribution in [1.29, 1.82) is 5.26 Å². The number of hydrogen-bond acceptors (Lipinski definition) is 2. The van der Waals surface area contributed by atoms with Gasteiger partial charge in [-0.05, 0) is 0 Å². The first-order valence-corrected chi connectivity index (χ1v) is 11.7. The Hall–Kier alpha value is -1.10. The quantitative estimate of drug-likeness (QED) is 0.702. The van der Waals surface area contributed by atoms with E-state index in [4.69, 9.17) is 0 Å². The molecular weight excluding hydrogens is 373 g/mol. The van der Waals surface area contributed by atoms with E-state index in [0.29, 0.717) is 11.2 Å². The summed E-state index contributed by atoms with van der Waals surface area (Å²) < 4.78 is -0.813. The molecule has 5 aliphatic carbocycles. The zero-order valence-corrected chi connectivity index (χ0v) is 16.5. The van der Waals surface area contributed by atoms with E-state index in [0.717, 1.165) is 35.7 Å². The summed E-state index contributed by atoms with van der Waals surface area (Å²) in [7, 11) is 0. The van der Waals surface area contributed by atoms with Gasteiger partial charge in [0.05, 0.1) is 0 Å². The molecule has 2 nitrogen and oxygen atoms in total. The molecule has 0 saturated heterocycles. The molecule has 4 bridgehead atoms. The zero-order chi connectivity index (χ0) is 17.2.